The summed E-state index contributed by atoms with van der Waals surface area (Å²) in [6.45, 7) is 11.5. The Kier molecular flexibility index (Phi) is 5.30. The molecular formula is C26H40O2. The molecule has 0 N–H and O–H groups in total. The fraction of sp³-hybridized carbons (Fsp3) is 0.808. The minimum Gasteiger partial charge on any atom is -0.462 e. The van der Waals surface area contributed by atoms with Crippen molar-refractivity contribution in [3.8, 4) is 0 Å². The summed E-state index contributed by atoms with van der Waals surface area (Å²) in [5, 5.41) is 0. The number of hydrogen-bond donors (Lipinski definition) is 0. The van der Waals surface area contributed by atoms with Gasteiger partial charge in [-0.2, -0.15) is 0 Å². The fourth-order valence-electron chi connectivity index (χ4n) is 7.94. The summed E-state index contributed by atoms with van der Waals surface area (Å²) in [6, 6.07) is 0. The molecule has 0 saturated heterocycles. The second kappa shape index (κ2) is 7.33. The van der Waals surface area contributed by atoms with Gasteiger partial charge in [0.25, 0.3) is 0 Å². The summed E-state index contributed by atoms with van der Waals surface area (Å²) >= 11 is 0. The van der Waals surface area contributed by atoms with E-state index in [0.717, 1.165) is 37.0 Å². The van der Waals surface area contributed by atoms with Crippen LogP contribution in [-0.2, 0) is 9.53 Å². The van der Waals surface area contributed by atoms with Crippen LogP contribution in [0, 0.1) is 34.5 Å². The van der Waals surface area contributed by atoms with E-state index in [1.54, 1.807) is 12.5 Å². The molecule has 0 amide bonds. The molecule has 2 nitrogen and oxygen atoms in total. The van der Waals surface area contributed by atoms with Gasteiger partial charge in [0, 0.05) is 13.3 Å². The quantitative estimate of drug-likeness (QED) is 0.495. The Balaban J connectivity index is 1.59. The monoisotopic (exact) mass is 384 g/mol. The molecular weight excluding hydrogens is 344 g/mol. The van der Waals surface area contributed by atoms with E-state index in [0.29, 0.717) is 11.3 Å². The SMILES string of the molecule is CCC[C@@H](C)[C@H]1CC[C@H]2C3=CC=C4C[C@H](OC(C)=O)CC[C@]4(C)[C@H]3CC[C@]12C. The number of hydrogen-bond acceptors (Lipinski definition) is 2. The van der Waals surface area contributed by atoms with E-state index in [1.165, 1.54) is 44.1 Å². The van der Waals surface area contributed by atoms with Crippen molar-refractivity contribution in [3.05, 3.63) is 23.3 Å². The van der Waals surface area contributed by atoms with Crippen molar-refractivity contribution in [2.75, 3.05) is 0 Å². The van der Waals surface area contributed by atoms with Crippen LogP contribution in [0.1, 0.15) is 92.4 Å². The Morgan fingerprint density at radius 3 is 2.64 bits per heavy atom. The number of fused-ring (bicyclic) bond motifs is 5. The van der Waals surface area contributed by atoms with Crippen molar-refractivity contribution in [3.63, 3.8) is 0 Å². The van der Waals surface area contributed by atoms with Crippen LogP contribution in [0.25, 0.3) is 0 Å². The van der Waals surface area contributed by atoms with Gasteiger partial charge >= 0.3 is 5.97 Å². The number of carbonyl (C=O) groups is 1. The maximum atomic E-state index is 11.4. The molecule has 0 aromatic heterocycles. The zero-order valence-electron chi connectivity index (χ0n) is 18.7. The van der Waals surface area contributed by atoms with Gasteiger partial charge in [-0.1, -0.05) is 63.8 Å². The second-order valence-electron chi connectivity index (χ2n) is 10.8. The number of allylic oxidation sites excluding steroid dienone is 3. The van der Waals surface area contributed by atoms with E-state index in [-0.39, 0.29) is 17.5 Å². The Labute approximate surface area is 172 Å². The van der Waals surface area contributed by atoms with Gasteiger partial charge in [0.15, 0.2) is 0 Å². The first-order valence-corrected chi connectivity index (χ1v) is 11.9. The van der Waals surface area contributed by atoms with Crippen LogP contribution < -0.4 is 0 Å². The van der Waals surface area contributed by atoms with Gasteiger partial charge in [0.1, 0.15) is 6.10 Å². The standard InChI is InChI=1S/C26H40O2/c1-6-7-17(2)22-10-11-23-21-9-8-19-16-20(28-18(3)27)12-14-25(19,4)24(21)13-15-26(22,23)5/h8-9,17,20,22-24H,6-7,10-16H2,1-5H3/t17-,20-,22-,23+,24+,25+,26-/m1/s1. The first-order valence-electron chi connectivity index (χ1n) is 11.9. The summed E-state index contributed by atoms with van der Waals surface area (Å²) in [7, 11) is 0. The molecule has 0 spiro atoms. The number of esters is 1. The van der Waals surface area contributed by atoms with Crippen LogP contribution in [-0.4, -0.2) is 12.1 Å². The third-order valence-corrected chi connectivity index (χ3v) is 9.36. The molecule has 0 aliphatic heterocycles. The first-order chi connectivity index (χ1) is 13.3. The third-order valence-electron chi connectivity index (χ3n) is 9.36. The normalized spacial score (nSPS) is 43.2. The molecule has 0 aromatic carbocycles. The molecule has 0 unspecified atom stereocenters. The van der Waals surface area contributed by atoms with Crippen molar-refractivity contribution in [2.45, 2.75) is 98.5 Å². The molecule has 4 aliphatic rings. The lowest BCUT2D eigenvalue weighted by Crippen LogP contribution is -2.46. The van der Waals surface area contributed by atoms with Gasteiger partial charge in [-0.25, -0.2) is 0 Å². The summed E-state index contributed by atoms with van der Waals surface area (Å²) in [5.74, 6) is 3.13. The van der Waals surface area contributed by atoms with Gasteiger partial charge in [0.2, 0.25) is 0 Å². The van der Waals surface area contributed by atoms with Crippen LogP contribution in [0.5, 0.6) is 0 Å². The zero-order chi connectivity index (χ0) is 20.1. The van der Waals surface area contributed by atoms with E-state index in [4.69, 9.17) is 4.74 Å². The molecule has 2 heteroatoms. The van der Waals surface area contributed by atoms with E-state index in [9.17, 15) is 4.79 Å². The highest BCUT2D eigenvalue weighted by molar-refractivity contribution is 5.66. The topological polar surface area (TPSA) is 26.3 Å². The number of rotatable bonds is 4. The Morgan fingerprint density at radius 1 is 1.14 bits per heavy atom. The lowest BCUT2D eigenvalue weighted by atomic mass is 9.50. The summed E-state index contributed by atoms with van der Waals surface area (Å²) in [5.41, 5.74) is 4.11. The minimum absolute atomic E-state index is 0.0892. The van der Waals surface area contributed by atoms with E-state index >= 15 is 0 Å². The van der Waals surface area contributed by atoms with Crippen LogP contribution in [0.3, 0.4) is 0 Å². The summed E-state index contributed by atoms with van der Waals surface area (Å²) in [6.07, 6.45) is 16.4. The third kappa shape index (κ3) is 3.10. The highest BCUT2D eigenvalue weighted by Crippen LogP contribution is 2.66. The van der Waals surface area contributed by atoms with Crippen LogP contribution in [0.2, 0.25) is 0 Å². The molecule has 0 bridgehead atoms. The van der Waals surface area contributed by atoms with Gasteiger partial charge < -0.3 is 4.74 Å². The smallest absolute Gasteiger partial charge is 0.302 e. The molecule has 4 rings (SSSR count). The number of ether oxygens (including phenoxy) is 1. The summed E-state index contributed by atoms with van der Waals surface area (Å²) < 4.78 is 5.57. The van der Waals surface area contributed by atoms with E-state index in [2.05, 4.69) is 39.8 Å². The molecule has 3 saturated carbocycles. The average molecular weight is 385 g/mol. The lowest BCUT2D eigenvalue weighted by Gasteiger charge is -2.55. The Bertz CT molecular complexity index is 689. The van der Waals surface area contributed by atoms with Gasteiger partial charge in [-0.15, -0.1) is 0 Å². The van der Waals surface area contributed by atoms with Gasteiger partial charge in [0.05, 0.1) is 0 Å². The Morgan fingerprint density at radius 2 is 1.93 bits per heavy atom. The second-order valence-corrected chi connectivity index (χ2v) is 10.8. The predicted molar refractivity (Wildman–Crippen MR) is 115 cm³/mol. The zero-order valence-corrected chi connectivity index (χ0v) is 18.7. The predicted octanol–water partition coefficient (Wildman–Crippen LogP) is 6.85. The first kappa shape index (κ1) is 20.2. The van der Waals surface area contributed by atoms with Crippen molar-refractivity contribution >= 4 is 5.97 Å². The average Bonchev–Trinajstić information content (AvgIpc) is 2.99. The van der Waals surface area contributed by atoms with Crippen LogP contribution >= 0.6 is 0 Å². The molecule has 156 valence electrons. The number of carbonyl (C=O) groups excluding carboxylic acids is 1. The lowest BCUT2D eigenvalue weighted by molar-refractivity contribution is -0.148. The fourth-order valence-corrected chi connectivity index (χ4v) is 7.94. The maximum Gasteiger partial charge on any atom is 0.302 e. The molecule has 28 heavy (non-hydrogen) atoms. The van der Waals surface area contributed by atoms with Crippen molar-refractivity contribution in [2.24, 2.45) is 34.5 Å². The highest BCUT2D eigenvalue weighted by Gasteiger charge is 2.56. The maximum absolute atomic E-state index is 11.4. The molecule has 0 radical (unpaired) electrons. The highest BCUT2D eigenvalue weighted by atomic mass is 16.5. The largest absolute Gasteiger partial charge is 0.462 e. The molecule has 7 atom stereocenters. The van der Waals surface area contributed by atoms with Crippen molar-refractivity contribution in [1.82, 2.24) is 0 Å². The van der Waals surface area contributed by atoms with Gasteiger partial charge in [-0.05, 0) is 73.0 Å². The van der Waals surface area contributed by atoms with E-state index < -0.39 is 0 Å². The van der Waals surface area contributed by atoms with E-state index in [1.807, 2.05) is 0 Å². The van der Waals surface area contributed by atoms with Crippen molar-refractivity contribution < 1.29 is 9.53 Å². The summed E-state index contributed by atoms with van der Waals surface area (Å²) in [4.78, 5) is 11.4. The Hall–Kier alpha value is -1.05. The minimum atomic E-state index is -0.132. The van der Waals surface area contributed by atoms with Gasteiger partial charge in [-0.3, -0.25) is 4.79 Å². The molecule has 0 aromatic rings. The molecule has 4 aliphatic carbocycles. The van der Waals surface area contributed by atoms with Crippen molar-refractivity contribution in [1.29, 1.82) is 0 Å². The molecule has 0 heterocycles. The molecule has 3 fully saturated rings. The van der Waals surface area contributed by atoms with Crippen LogP contribution in [0.15, 0.2) is 23.3 Å². The van der Waals surface area contributed by atoms with Crippen LogP contribution in [0.4, 0.5) is 0 Å².